The van der Waals surface area contributed by atoms with Crippen LogP contribution in [-0.4, -0.2) is 36.1 Å². The lowest BCUT2D eigenvalue weighted by Gasteiger charge is -2.30. The third-order valence-corrected chi connectivity index (χ3v) is 2.49. The molecule has 2 N–H and O–H groups in total. The smallest absolute Gasteiger partial charge is 0.407 e. The Morgan fingerprint density at radius 2 is 1.74 bits per heavy atom. The van der Waals surface area contributed by atoms with Gasteiger partial charge in [-0.3, -0.25) is 0 Å². The first kappa shape index (κ1) is 20.8. The molecule has 116 valence electrons. The van der Waals surface area contributed by atoms with Crippen molar-refractivity contribution < 1.29 is 18.8 Å². The Hall–Kier alpha value is -0.460. The van der Waals surface area contributed by atoms with E-state index >= 15 is 0 Å². The number of aliphatic hydroxyl groups excluding tert-OH is 1. The molecule has 19 heavy (non-hydrogen) atoms. The van der Waals surface area contributed by atoms with Crippen LogP contribution >= 0.6 is 12.9 Å². The highest BCUT2D eigenvalue weighted by Gasteiger charge is 2.30. The van der Waals surface area contributed by atoms with E-state index in [1.165, 1.54) is 0 Å². The molecule has 0 heterocycles. The second-order valence-corrected chi connectivity index (χ2v) is 5.83. The fourth-order valence-electron chi connectivity index (χ4n) is 1.05. The number of aliphatic hydroxyl groups is 1. The lowest BCUT2D eigenvalue weighted by molar-refractivity contribution is 0.0281. The minimum absolute atomic E-state index is 0.0613. The summed E-state index contributed by atoms with van der Waals surface area (Å²) in [6, 6.07) is 0. The summed E-state index contributed by atoms with van der Waals surface area (Å²) in [7, 11) is 0. The Labute approximate surface area is 122 Å². The first-order chi connectivity index (χ1) is 8.62. The van der Waals surface area contributed by atoms with Gasteiger partial charge in [0.15, 0.2) is 0 Å². The van der Waals surface area contributed by atoms with Crippen molar-refractivity contribution >= 4 is 19.0 Å². The molecular formula is C13H29NO4S. The first-order valence-electron chi connectivity index (χ1n) is 6.50. The van der Waals surface area contributed by atoms with E-state index in [1.54, 1.807) is 20.8 Å². The van der Waals surface area contributed by atoms with E-state index in [-0.39, 0.29) is 13.2 Å². The van der Waals surface area contributed by atoms with Crippen molar-refractivity contribution in [3.63, 3.8) is 0 Å². The number of carbonyl (C=O) groups is 1. The zero-order chi connectivity index (χ0) is 15.7. The monoisotopic (exact) mass is 295 g/mol. The van der Waals surface area contributed by atoms with Gasteiger partial charge >= 0.3 is 6.09 Å². The molecule has 0 spiro atoms. The SMILES string of the molecule is CC.CC(C)(C)OC(=O)NCC(OS)C(C)(C)CO. The third kappa shape index (κ3) is 10.0. The first-order valence-corrected chi connectivity index (χ1v) is 6.87. The minimum atomic E-state index is -0.534. The molecule has 0 aromatic rings. The highest BCUT2D eigenvalue weighted by Crippen LogP contribution is 2.23. The number of thiol groups is 1. The molecule has 0 saturated carbocycles. The molecule has 0 bridgehead atoms. The number of ether oxygens (including phenoxy) is 1. The van der Waals surface area contributed by atoms with E-state index in [0.29, 0.717) is 0 Å². The van der Waals surface area contributed by atoms with Crippen LogP contribution in [0.1, 0.15) is 48.5 Å². The minimum Gasteiger partial charge on any atom is -0.444 e. The van der Waals surface area contributed by atoms with Crippen LogP contribution < -0.4 is 5.32 Å². The quantitative estimate of drug-likeness (QED) is 0.539. The van der Waals surface area contributed by atoms with Crippen molar-refractivity contribution in [3.05, 3.63) is 0 Å². The van der Waals surface area contributed by atoms with Crippen molar-refractivity contribution in [2.24, 2.45) is 5.41 Å². The third-order valence-electron chi connectivity index (χ3n) is 2.24. The highest BCUT2D eigenvalue weighted by molar-refractivity contribution is 7.75. The Morgan fingerprint density at radius 3 is 2.05 bits per heavy atom. The van der Waals surface area contributed by atoms with Gasteiger partial charge in [-0.2, -0.15) is 0 Å². The van der Waals surface area contributed by atoms with Crippen LogP contribution in [0.2, 0.25) is 0 Å². The second kappa shape index (κ2) is 9.44. The van der Waals surface area contributed by atoms with Crippen LogP contribution in [0.15, 0.2) is 0 Å². The molecule has 5 nitrogen and oxygen atoms in total. The van der Waals surface area contributed by atoms with Gasteiger partial charge in [0.05, 0.1) is 12.7 Å². The molecule has 0 saturated heterocycles. The fourth-order valence-corrected chi connectivity index (χ4v) is 1.41. The van der Waals surface area contributed by atoms with E-state index in [1.807, 2.05) is 27.7 Å². The van der Waals surface area contributed by atoms with Crippen molar-refractivity contribution in [1.82, 2.24) is 5.32 Å². The van der Waals surface area contributed by atoms with Crippen molar-refractivity contribution in [2.75, 3.05) is 13.2 Å². The van der Waals surface area contributed by atoms with Gasteiger partial charge in [0.2, 0.25) is 0 Å². The standard InChI is InChI=1S/C11H23NO4S.C2H6/c1-10(2,3)15-9(14)12-6-8(16-17)11(4,5)7-13;1-2/h8,13,17H,6-7H2,1-5H3,(H,12,14);1-2H3. The van der Waals surface area contributed by atoms with Crippen molar-refractivity contribution in [1.29, 1.82) is 0 Å². The van der Waals surface area contributed by atoms with Crippen LogP contribution in [-0.2, 0) is 8.92 Å². The Morgan fingerprint density at radius 1 is 1.26 bits per heavy atom. The lowest BCUT2D eigenvalue weighted by Crippen LogP contribution is -2.44. The van der Waals surface area contributed by atoms with E-state index in [2.05, 4.69) is 18.2 Å². The average molecular weight is 295 g/mol. The summed E-state index contributed by atoms with van der Waals surface area (Å²) < 4.78 is 10.0. The number of hydrogen-bond acceptors (Lipinski definition) is 5. The number of amides is 1. The van der Waals surface area contributed by atoms with Gasteiger partial charge in [-0.25, -0.2) is 4.79 Å². The number of hydrogen-bond donors (Lipinski definition) is 3. The predicted octanol–water partition coefficient (Wildman–Crippen LogP) is 2.79. The van der Waals surface area contributed by atoms with Crippen LogP contribution in [0.3, 0.4) is 0 Å². The molecule has 0 radical (unpaired) electrons. The largest absolute Gasteiger partial charge is 0.444 e. The fraction of sp³-hybridized carbons (Fsp3) is 0.923. The van der Waals surface area contributed by atoms with Gasteiger partial charge in [-0.1, -0.05) is 27.7 Å². The molecule has 0 aromatic heterocycles. The summed E-state index contributed by atoms with van der Waals surface area (Å²) in [4.78, 5) is 11.4. The summed E-state index contributed by atoms with van der Waals surface area (Å²) in [5.74, 6) is 0. The highest BCUT2D eigenvalue weighted by atomic mass is 32.1. The molecule has 0 rings (SSSR count). The van der Waals surface area contributed by atoms with Crippen LogP contribution in [0, 0.1) is 5.41 Å². The van der Waals surface area contributed by atoms with Gasteiger partial charge in [-0.15, -0.1) is 0 Å². The predicted molar refractivity (Wildman–Crippen MR) is 80.3 cm³/mol. The molecule has 0 aliphatic heterocycles. The molecular weight excluding hydrogens is 266 g/mol. The summed E-state index contributed by atoms with van der Waals surface area (Å²) in [6.45, 7) is 13.2. The maximum absolute atomic E-state index is 11.4. The molecule has 6 heteroatoms. The zero-order valence-electron chi connectivity index (χ0n) is 13.1. The Kier molecular flexibility index (Phi) is 10.4. The van der Waals surface area contributed by atoms with Crippen LogP contribution in [0.25, 0.3) is 0 Å². The van der Waals surface area contributed by atoms with Gasteiger partial charge in [0.25, 0.3) is 0 Å². The van der Waals surface area contributed by atoms with Crippen molar-refractivity contribution in [3.8, 4) is 0 Å². The summed E-state index contributed by atoms with van der Waals surface area (Å²) in [6.07, 6.45) is -0.912. The van der Waals surface area contributed by atoms with E-state index in [9.17, 15) is 9.90 Å². The molecule has 1 unspecified atom stereocenters. The van der Waals surface area contributed by atoms with Gasteiger partial charge in [0, 0.05) is 12.0 Å². The maximum Gasteiger partial charge on any atom is 0.407 e. The number of nitrogens with one attached hydrogen (secondary N) is 1. The molecule has 0 aliphatic carbocycles. The molecule has 0 aromatic carbocycles. The number of alkyl carbamates (subject to hydrolysis) is 1. The van der Waals surface area contributed by atoms with Crippen LogP contribution in [0.5, 0.6) is 0 Å². The maximum atomic E-state index is 11.4. The molecule has 1 atom stereocenters. The summed E-state index contributed by atoms with van der Waals surface area (Å²) in [5, 5.41) is 11.8. The molecule has 1 amide bonds. The Bertz CT molecular complexity index is 252. The van der Waals surface area contributed by atoms with Gasteiger partial charge in [-0.05, 0) is 33.7 Å². The van der Waals surface area contributed by atoms with E-state index in [4.69, 9.17) is 8.92 Å². The summed E-state index contributed by atoms with van der Waals surface area (Å²) in [5.41, 5.74) is -1.02. The lowest BCUT2D eigenvalue weighted by atomic mass is 9.87. The zero-order valence-corrected chi connectivity index (χ0v) is 14.0. The topological polar surface area (TPSA) is 67.8 Å². The Balaban J connectivity index is 0. The molecule has 0 aliphatic rings. The normalized spacial score (nSPS) is 13.1. The number of carbonyl (C=O) groups excluding carboxylic acids is 1. The number of rotatable bonds is 5. The van der Waals surface area contributed by atoms with Gasteiger partial charge < -0.3 is 19.3 Å². The van der Waals surface area contributed by atoms with Gasteiger partial charge in [0.1, 0.15) is 5.60 Å². The van der Waals surface area contributed by atoms with Crippen molar-refractivity contribution in [2.45, 2.75) is 60.2 Å². The van der Waals surface area contributed by atoms with Crippen LogP contribution in [0.4, 0.5) is 4.79 Å². The second-order valence-electron chi connectivity index (χ2n) is 5.62. The molecule has 0 fully saturated rings. The average Bonchev–Trinajstić information content (AvgIpc) is 2.30. The summed E-state index contributed by atoms with van der Waals surface area (Å²) >= 11 is 3.75. The van der Waals surface area contributed by atoms with E-state index in [0.717, 1.165) is 0 Å². The van der Waals surface area contributed by atoms with E-state index < -0.39 is 23.2 Å².